The number of fused-ring (bicyclic) bond motifs is 2. The lowest BCUT2D eigenvalue weighted by atomic mass is 10.0. The Kier molecular flexibility index (Phi) is 4.98. The van der Waals surface area contributed by atoms with E-state index in [1.165, 1.54) is 0 Å². The molecule has 2 aromatic rings. The van der Waals surface area contributed by atoms with E-state index in [4.69, 9.17) is 9.47 Å². The first-order valence-corrected chi connectivity index (χ1v) is 10.5. The second-order valence-corrected chi connectivity index (χ2v) is 7.99. The van der Waals surface area contributed by atoms with E-state index in [0.717, 1.165) is 42.4 Å². The van der Waals surface area contributed by atoms with Gasteiger partial charge in [0.05, 0.1) is 24.6 Å². The van der Waals surface area contributed by atoms with Crippen molar-refractivity contribution in [3.63, 3.8) is 0 Å². The summed E-state index contributed by atoms with van der Waals surface area (Å²) in [5.41, 5.74) is 0.832. The van der Waals surface area contributed by atoms with Crippen LogP contribution < -0.4 is 4.90 Å². The van der Waals surface area contributed by atoms with E-state index < -0.39 is 23.3 Å². The third-order valence-corrected chi connectivity index (χ3v) is 6.02. The quantitative estimate of drug-likeness (QED) is 0.729. The molecule has 0 saturated carbocycles. The van der Waals surface area contributed by atoms with Gasteiger partial charge in [0.25, 0.3) is 17.6 Å². The molecule has 31 heavy (non-hydrogen) atoms. The molecule has 0 unspecified atom stereocenters. The minimum atomic E-state index is -1.77. The maximum absolute atomic E-state index is 14.6. The van der Waals surface area contributed by atoms with Gasteiger partial charge in [0.1, 0.15) is 11.6 Å². The van der Waals surface area contributed by atoms with Crippen LogP contribution >= 0.6 is 0 Å². The second kappa shape index (κ2) is 7.69. The largest absolute Gasteiger partial charge is 0.339 e. The summed E-state index contributed by atoms with van der Waals surface area (Å²) in [7, 11) is 0. The summed E-state index contributed by atoms with van der Waals surface area (Å²) in [5.74, 6) is -3.98. The van der Waals surface area contributed by atoms with Crippen LogP contribution in [0.1, 0.15) is 41.6 Å². The van der Waals surface area contributed by atoms with Crippen LogP contribution in [0.2, 0.25) is 0 Å². The van der Waals surface area contributed by atoms with Crippen molar-refractivity contribution in [1.82, 2.24) is 4.90 Å². The molecule has 0 atom stereocenters. The zero-order chi connectivity index (χ0) is 21.6. The Morgan fingerprint density at radius 1 is 0.903 bits per heavy atom. The smallest absolute Gasteiger partial charge is 0.297 e. The number of benzene rings is 2. The van der Waals surface area contributed by atoms with Gasteiger partial charge in [0, 0.05) is 30.3 Å². The highest BCUT2D eigenvalue weighted by molar-refractivity contribution is 6.12. The zero-order valence-electron chi connectivity index (χ0n) is 16.9. The zero-order valence-corrected chi connectivity index (χ0v) is 16.9. The summed E-state index contributed by atoms with van der Waals surface area (Å²) in [6.07, 6.45) is 3.61. The SMILES string of the molecule is O=C(c1ccc2c(c1)C1(OCCCO1)C(=O)N2c1cc(F)ccc1F)N1CCCCC1. The number of carbonyl (C=O) groups excluding carboxylic acids is 2. The van der Waals surface area contributed by atoms with Gasteiger partial charge in [-0.1, -0.05) is 0 Å². The van der Waals surface area contributed by atoms with Crippen molar-refractivity contribution in [1.29, 1.82) is 0 Å². The average Bonchev–Trinajstić information content (AvgIpc) is 3.03. The van der Waals surface area contributed by atoms with Gasteiger partial charge in [-0.3, -0.25) is 14.5 Å². The number of likely N-dealkylation sites (tertiary alicyclic amines) is 1. The van der Waals surface area contributed by atoms with Crippen LogP contribution in [0.4, 0.5) is 20.2 Å². The molecule has 0 aliphatic carbocycles. The lowest BCUT2D eigenvalue weighted by Gasteiger charge is -2.32. The predicted octanol–water partition coefficient (Wildman–Crippen LogP) is 3.86. The van der Waals surface area contributed by atoms with E-state index in [2.05, 4.69) is 0 Å². The molecule has 3 aliphatic heterocycles. The number of halogens is 2. The van der Waals surface area contributed by atoms with Crippen molar-refractivity contribution >= 4 is 23.2 Å². The van der Waals surface area contributed by atoms with E-state index in [9.17, 15) is 18.4 Å². The first kappa shape index (κ1) is 20.1. The molecule has 2 fully saturated rings. The highest BCUT2D eigenvalue weighted by atomic mass is 19.1. The number of piperidine rings is 1. The summed E-state index contributed by atoms with van der Waals surface area (Å²) in [6, 6.07) is 7.70. The molecule has 2 saturated heterocycles. The number of carbonyl (C=O) groups is 2. The van der Waals surface area contributed by atoms with Crippen molar-refractivity contribution in [2.45, 2.75) is 31.5 Å². The highest BCUT2D eigenvalue weighted by Crippen LogP contribution is 2.49. The van der Waals surface area contributed by atoms with Crippen molar-refractivity contribution in [3.05, 3.63) is 59.2 Å². The van der Waals surface area contributed by atoms with E-state index >= 15 is 0 Å². The maximum Gasteiger partial charge on any atom is 0.297 e. The highest BCUT2D eigenvalue weighted by Gasteiger charge is 2.56. The van der Waals surface area contributed by atoms with Gasteiger partial charge >= 0.3 is 0 Å². The number of amides is 2. The molecular weight excluding hydrogens is 406 g/mol. The van der Waals surface area contributed by atoms with Crippen molar-refractivity contribution < 1.29 is 27.8 Å². The van der Waals surface area contributed by atoms with E-state index in [-0.39, 0.29) is 24.8 Å². The van der Waals surface area contributed by atoms with Crippen LogP contribution in [0.25, 0.3) is 0 Å². The summed E-state index contributed by atoms with van der Waals surface area (Å²) in [6.45, 7) is 1.92. The van der Waals surface area contributed by atoms with Crippen LogP contribution in [0, 0.1) is 11.6 Å². The fourth-order valence-corrected chi connectivity index (χ4v) is 4.49. The van der Waals surface area contributed by atoms with E-state index in [1.54, 1.807) is 23.1 Å². The third kappa shape index (κ3) is 3.21. The monoisotopic (exact) mass is 428 g/mol. The molecule has 0 aromatic heterocycles. The van der Waals surface area contributed by atoms with Gasteiger partial charge < -0.3 is 14.4 Å². The third-order valence-electron chi connectivity index (χ3n) is 6.02. The molecule has 5 rings (SSSR count). The summed E-state index contributed by atoms with van der Waals surface area (Å²) in [4.78, 5) is 29.4. The molecule has 0 radical (unpaired) electrons. The Morgan fingerprint density at radius 2 is 1.65 bits per heavy atom. The molecule has 0 N–H and O–H groups in total. The van der Waals surface area contributed by atoms with E-state index in [0.29, 0.717) is 36.3 Å². The van der Waals surface area contributed by atoms with Crippen LogP contribution in [-0.4, -0.2) is 43.0 Å². The molecule has 3 heterocycles. The number of hydrogen-bond acceptors (Lipinski definition) is 4. The average molecular weight is 428 g/mol. The lowest BCUT2D eigenvalue weighted by molar-refractivity contribution is -0.256. The second-order valence-electron chi connectivity index (χ2n) is 7.99. The number of nitrogens with zero attached hydrogens (tertiary/aromatic N) is 2. The van der Waals surface area contributed by atoms with Crippen LogP contribution in [0.15, 0.2) is 36.4 Å². The van der Waals surface area contributed by atoms with Gasteiger partial charge in [0.15, 0.2) is 0 Å². The fraction of sp³-hybridized carbons (Fsp3) is 0.391. The number of rotatable bonds is 2. The molecular formula is C23H22F2N2O4. The van der Waals surface area contributed by atoms with Crippen molar-refractivity contribution in [2.75, 3.05) is 31.2 Å². The predicted molar refractivity (Wildman–Crippen MR) is 108 cm³/mol. The standard InChI is InChI=1S/C23H22F2N2O4/c24-16-6-7-18(25)20(14-16)27-19-8-5-15(21(28)26-9-2-1-3-10-26)13-17(19)23(22(27)29)30-11-4-12-31-23/h5-8,13-14H,1-4,9-12H2. The summed E-state index contributed by atoms with van der Waals surface area (Å²) in [5, 5.41) is 0. The number of ether oxygens (including phenoxy) is 2. The van der Waals surface area contributed by atoms with Gasteiger partial charge in [-0.25, -0.2) is 8.78 Å². The Morgan fingerprint density at radius 3 is 2.39 bits per heavy atom. The maximum atomic E-state index is 14.6. The lowest BCUT2D eigenvalue weighted by Crippen LogP contribution is -2.46. The van der Waals surface area contributed by atoms with Gasteiger partial charge in [-0.2, -0.15) is 0 Å². The van der Waals surface area contributed by atoms with Crippen LogP contribution in [0.5, 0.6) is 0 Å². The van der Waals surface area contributed by atoms with E-state index in [1.807, 2.05) is 0 Å². The number of anilines is 2. The minimum Gasteiger partial charge on any atom is -0.339 e. The molecule has 162 valence electrons. The van der Waals surface area contributed by atoms with Gasteiger partial charge in [-0.15, -0.1) is 0 Å². The molecule has 2 amide bonds. The molecule has 1 spiro atoms. The summed E-state index contributed by atoms with van der Waals surface area (Å²) >= 11 is 0. The number of hydrogen-bond donors (Lipinski definition) is 0. The van der Waals surface area contributed by atoms with Crippen LogP contribution in [0.3, 0.4) is 0 Å². The summed E-state index contributed by atoms with van der Waals surface area (Å²) < 4.78 is 40.1. The Bertz CT molecular complexity index is 1050. The molecule has 8 heteroatoms. The Labute approximate surface area is 178 Å². The van der Waals surface area contributed by atoms with Crippen molar-refractivity contribution in [2.24, 2.45) is 0 Å². The van der Waals surface area contributed by atoms with Gasteiger partial charge in [-0.05, 0) is 56.0 Å². The van der Waals surface area contributed by atoms with Gasteiger partial charge in [0.2, 0.25) is 0 Å². The fourth-order valence-electron chi connectivity index (χ4n) is 4.49. The molecule has 0 bridgehead atoms. The first-order valence-electron chi connectivity index (χ1n) is 10.5. The first-order chi connectivity index (χ1) is 15.0. The Balaban J connectivity index is 1.62. The topological polar surface area (TPSA) is 59.1 Å². The molecule has 2 aromatic carbocycles. The van der Waals surface area contributed by atoms with Crippen LogP contribution in [-0.2, 0) is 20.1 Å². The Hall–Kier alpha value is -2.84. The minimum absolute atomic E-state index is 0.128. The molecule has 3 aliphatic rings. The van der Waals surface area contributed by atoms with Crippen molar-refractivity contribution in [3.8, 4) is 0 Å². The normalized spacial score (nSPS) is 20.3. The molecule has 6 nitrogen and oxygen atoms in total.